The van der Waals surface area contributed by atoms with Crippen LogP contribution in [0.1, 0.15) is 0 Å². The van der Waals surface area contributed by atoms with E-state index in [2.05, 4.69) is 165 Å². The van der Waals surface area contributed by atoms with E-state index >= 15 is 0 Å². The molecule has 3 nitrogen and oxygen atoms in total. The van der Waals surface area contributed by atoms with E-state index in [0.717, 1.165) is 11.4 Å². The number of fused-ring (bicyclic) bond motifs is 13. The zero-order valence-corrected chi connectivity index (χ0v) is 24.3. The van der Waals surface area contributed by atoms with Crippen molar-refractivity contribution in [2.75, 3.05) is 4.90 Å². The Morgan fingerprint density at radius 3 is 1.44 bits per heavy atom. The van der Waals surface area contributed by atoms with Crippen LogP contribution in [0.5, 0.6) is 0 Å². The molecule has 0 bridgehead atoms. The van der Waals surface area contributed by atoms with Crippen molar-refractivity contribution in [3.8, 4) is 0 Å². The van der Waals surface area contributed by atoms with Gasteiger partial charge in [0.1, 0.15) is 0 Å². The number of rotatable bonds is 3. The second-order valence-corrected chi connectivity index (χ2v) is 12.1. The first-order valence-electron chi connectivity index (χ1n) is 15.6. The highest BCUT2D eigenvalue weighted by Crippen LogP contribution is 2.49. The molecule has 4 heterocycles. The average molecular weight is 572 g/mol. The predicted octanol–water partition coefficient (Wildman–Crippen LogP) is 11.5. The van der Waals surface area contributed by atoms with Gasteiger partial charge >= 0.3 is 0 Å². The molecule has 0 radical (unpaired) electrons. The van der Waals surface area contributed by atoms with Crippen molar-refractivity contribution < 1.29 is 0 Å². The number of para-hydroxylation sites is 6. The Morgan fingerprint density at radius 2 is 0.778 bits per heavy atom. The van der Waals surface area contributed by atoms with E-state index in [1.165, 1.54) is 81.9 Å². The summed E-state index contributed by atoms with van der Waals surface area (Å²) in [6, 6.07) is 55.4. The minimum atomic E-state index is 1.14. The quantitative estimate of drug-likeness (QED) is 0.205. The maximum atomic E-state index is 2.54. The summed E-state index contributed by atoms with van der Waals surface area (Å²) >= 11 is 0. The van der Waals surface area contributed by atoms with Gasteiger partial charge in [0.05, 0.1) is 38.8 Å². The number of aromatic nitrogens is 2. The maximum absolute atomic E-state index is 2.54. The van der Waals surface area contributed by atoms with Crippen molar-refractivity contribution in [3.05, 3.63) is 152 Å². The van der Waals surface area contributed by atoms with Gasteiger partial charge in [-0.3, -0.25) is 0 Å². The highest BCUT2D eigenvalue weighted by molar-refractivity contribution is 6.35. The normalized spacial score (nSPS) is 12.4. The summed E-state index contributed by atoms with van der Waals surface area (Å²) in [5, 5.41) is 10.5. The zero-order chi connectivity index (χ0) is 29.2. The molecule has 3 heteroatoms. The van der Waals surface area contributed by atoms with Gasteiger partial charge in [-0.1, -0.05) is 103 Å². The van der Waals surface area contributed by atoms with Crippen LogP contribution >= 0.6 is 0 Å². The molecule has 208 valence electrons. The molecule has 11 rings (SSSR count). The topological polar surface area (TPSA) is 12.1 Å². The Labute approximate surface area is 258 Å². The lowest BCUT2D eigenvalue weighted by molar-refractivity contribution is 1.27. The predicted molar refractivity (Wildman–Crippen MR) is 190 cm³/mol. The standard InChI is InChI=1S/C42H25N3/c1-3-12-26(13-4-1)43(27-14-5-2-6-15-27)37-23-11-19-31-30-18-10-21-33-39-36(45(41(30)33)42(31)37)25-24-35-38(39)32-20-9-17-29-28-16-7-8-22-34(28)44(35)40(29)32/h1-25H. The van der Waals surface area contributed by atoms with E-state index in [4.69, 9.17) is 0 Å². The molecule has 0 aliphatic carbocycles. The van der Waals surface area contributed by atoms with Crippen LogP contribution in [-0.4, -0.2) is 8.80 Å². The van der Waals surface area contributed by atoms with E-state index in [1.807, 2.05) is 0 Å². The lowest BCUT2D eigenvalue weighted by Gasteiger charge is -2.26. The zero-order valence-electron chi connectivity index (χ0n) is 24.3. The lowest BCUT2D eigenvalue weighted by atomic mass is 10.0. The van der Waals surface area contributed by atoms with Crippen LogP contribution in [0, 0.1) is 0 Å². The molecule has 0 spiro atoms. The number of hydrogen-bond acceptors (Lipinski definition) is 1. The molecule has 0 saturated heterocycles. The molecule has 0 unspecified atom stereocenters. The largest absolute Gasteiger partial charge is 0.308 e. The smallest absolute Gasteiger partial charge is 0.0782 e. The summed E-state index contributed by atoms with van der Waals surface area (Å²) in [7, 11) is 0. The van der Waals surface area contributed by atoms with Crippen LogP contribution in [-0.2, 0) is 0 Å². The van der Waals surface area contributed by atoms with Crippen LogP contribution in [0.2, 0.25) is 0 Å². The molecular formula is C42H25N3. The van der Waals surface area contributed by atoms with Gasteiger partial charge in [0.15, 0.2) is 0 Å². The van der Waals surface area contributed by atoms with E-state index < -0.39 is 0 Å². The third kappa shape index (κ3) is 2.82. The summed E-state index contributed by atoms with van der Waals surface area (Å²) in [4.78, 5) is 2.40. The summed E-state index contributed by atoms with van der Waals surface area (Å²) < 4.78 is 5.02. The highest BCUT2D eigenvalue weighted by Gasteiger charge is 2.26. The van der Waals surface area contributed by atoms with Gasteiger partial charge in [0.2, 0.25) is 0 Å². The fraction of sp³-hybridized carbons (Fsp3) is 0. The van der Waals surface area contributed by atoms with E-state index in [0.29, 0.717) is 0 Å². The Balaban J connectivity index is 1.35. The van der Waals surface area contributed by atoms with Gasteiger partial charge in [-0.05, 0) is 48.5 Å². The van der Waals surface area contributed by atoms with Gasteiger partial charge in [-0.25, -0.2) is 0 Å². The fourth-order valence-corrected chi connectivity index (χ4v) is 8.27. The van der Waals surface area contributed by atoms with Crippen LogP contribution < -0.4 is 4.90 Å². The summed E-state index contributed by atoms with van der Waals surface area (Å²) in [6.45, 7) is 0. The van der Waals surface area contributed by atoms with Gasteiger partial charge in [-0.2, -0.15) is 0 Å². The van der Waals surface area contributed by atoms with Crippen molar-refractivity contribution in [2.45, 2.75) is 0 Å². The minimum absolute atomic E-state index is 1.14. The van der Waals surface area contributed by atoms with Crippen molar-refractivity contribution in [2.24, 2.45) is 0 Å². The molecule has 0 aliphatic heterocycles. The first kappa shape index (κ1) is 23.4. The molecule has 0 saturated carbocycles. The van der Waals surface area contributed by atoms with Crippen LogP contribution in [0.4, 0.5) is 17.1 Å². The van der Waals surface area contributed by atoms with Gasteiger partial charge < -0.3 is 13.7 Å². The number of hydrogen-bond donors (Lipinski definition) is 0. The number of nitrogens with zero attached hydrogens (tertiary/aromatic N) is 3. The van der Waals surface area contributed by atoms with E-state index in [-0.39, 0.29) is 0 Å². The summed E-state index contributed by atoms with van der Waals surface area (Å²) in [5.41, 5.74) is 11.1. The van der Waals surface area contributed by atoms with Gasteiger partial charge in [0.25, 0.3) is 0 Å². The molecule has 45 heavy (non-hydrogen) atoms. The third-order valence-electron chi connectivity index (χ3n) is 9.93. The number of anilines is 3. The second kappa shape index (κ2) is 8.31. The van der Waals surface area contributed by atoms with Crippen LogP contribution in [0.25, 0.3) is 76.2 Å². The summed E-state index contributed by atoms with van der Waals surface area (Å²) in [6.07, 6.45) is 0. The monoisotopic (exact) mass is 571 g/mol. The third-order valence-corrected chi connectivity index (χ3v) is 9.93. The first-order valence-corrected chi connectivity index (χ1v) is 15.6. The minimum Gasteiger partial charge on any atom is -0.308 e. The molecule has 0 aliphatic rings. The molecule has 4 aromatic heterocycles. The van der Waals surface area contributed by atoms with Crippen molar-refractivity contribution in [1.29, 1.82) is 0 Å². The van der Waals surface area contributed by atoms with Crippen LogP contribution in [0.3, 0.4) is 0 Å². The molecular weight excluding hydrogens is 546 g/mol. The molecule has 0 atom stereocenters. The van der Waals surface area contributed by atoms with Crippen molar-refractivity contribution >= 4 is 93.3 Å². The van der Waals surface area contributed by atoms with Gasteiger partial charge in [0, 0.05) is 54.5 Å². The fourth-order valence-electron chi connectivity index (χ4n) is 8.27. The van der Waals surface area contributed by atoms with Crippen molar-refractivity contribution in [1.82, 2.24) is 8.80 Å². The highest BCUT2D eigenvalue weighted by atomic mass is 15.2. The molecule has 11 aromatic rings. The Morgan fingerprint density at radius 1 is 0.311 bits per heavy atom. The molecule has 0 amide bonds. The summed E-state index contributed by atoms with van der Waals surface area (Å²) in [5.74, 6) is 0. The maximum Gasteiger partial charge on any atom is 0.0782 e. The van der Waals surface area contributed by atoms with Crippen LogP contribution in [0.15, 0.2) is 152 Å². The van der Waals surface area contributed by atoms with Gasteiger partial charge in [-0.15, -0.1) is 0 Å². The van der Waals surface area contributed by atoms with E-state index in [1.54, 1.807) is 0 Å². The number of benzene rings is 7. The molecule has 0 N–H and O–H groups in total. The first-order chi connectivity index (χ1) is 22.4. The Bertz CT molecular complexity index is 2870. The average Bonchev–Trinajstić information content (AvgIpc) is 3.83. The van der Waals surface area contributed by atoms with Crippen molar-refractivity contribution in [3.63, 3.8) is 0 Å². The van der Waals surface area contributed by atoms with E-state index in [9.17, 15) is 0 Å². The molecule has 0 fully saturated rings. The lowest BCUT2D eigenvalue weighted by Crippen LogP contribution is -2.10. The second-order valence-electron chi connectivity index (χ2n) is 12.1. The molecule has 7 aromatic carbocycles. The Kier molecular flexibility index (Phi) is 4.32. The Hall–Kier alpha value is -6.06. The SMILES string of the molecule is c1ccc(N(c2ccccc2)c2cccc3c4cccc5c6c7c8cccc9c%10ccccc%10n(c7ccc6n(c23)c45)c98)cc1.